The number of aliphatic hydroxyl groups is 2. The van der Waals surface area contributed by atoms with Crippen molar-refractivity contribution < 1.29 is 38.1 Å². The summed E-state index contributed by atoms with van der Waals surface area (Å²) in [6, 6.07) is 5.68. The monoisotopic (exact) mass is 967 g/mol. The third kappa shape index (κ3) is 12.6. The molecule has 0 amide bonds. The zero-order chi connectivity index (χ0) is 42.9. The van der Waals surface area contributed by atoms with Gasteiger partial charge in [0.2, 0.25) is 0 Å². The van der Waals surface area contributed by atoms with Gasteiger partial charge in [-0.1, -0.05) is 6.07 Å². The van der Waals surface area contributed by atoms with Crippen LogP contribution in [0.3, 0.4) is 0 Å². The van der Waals surface area contributed by atoms with Gasteiger partial charge in [0.05, 0.1) is 44.8 Å². The summed E-state index contributed by atoms with van der Waals surface area (Å²) in [7, 11) is -1.40. The first-order valence-electron chi connectivity index (χ1n) is 18.5. The van der Waals surface area contributed by atoms with E-state index in [0.717, 1.165) is 30.0 Å². The predicted octanol–water partition coefficient (Wildman–Crippen LogP) is 8.54. The molecular formula is C39H59B3Br3N3O8. The smallest absolute Gasteiger partial charge is 0.405 e. The van der Waals surface area contributed by atoms with Crippen molar-refractivity contribution in [3.63, 3.8) is 0 Å². The number of hydrogen-bond donors (Lipinski definition) is 2. The van der Waals surface area contributed by atoms with Crippen molar-refractivity contribution in [2.45, 2.75) is 156 Å². The molecular weight excluding hydrogens is 911 g/mol. The molecule has 0 atom stereocenters. The molecule has 308 valence electrons. The molecule has 17 heteroatoms. The summed E-state index contributed by atoms with van der Waals surface area (Å²) in [5.41, 5.74) is -1.52. The highest BCUT2D eigenvalue weighted by molar-refractivity contribution is 9.11. The minimum atomic E-state index is -0.924. The third-order valence-corrected chi connectivity index (χ3v) is 12.1. The van der Waals surface area contributed by atoms with E-state index in [1.807, 2.05) is 101 Å². The summed E-state index contributed by atoms with van der Waals surface area (Å²) in [6.45, 7) is 31.2. The summed E-state index contributed by atoms with van der Waals surface area (Å²) in [5.74, 6) is 0. The molecule has 0 aromatic carbocycles. The van der Waals surface area contributed by atoms with E-state index in [1.54, 1.807) is 64.9 Å². The van der Waals surface area contributed by atoms with Crippen LogP contribution in [0.1, 0.15) is 122 Å². The molecule has 3 aromatic heterocycles. The normalized spacial score (nSPS) is 21.3. The van der Waals surface area contributed by atoms with Gasteiger partial charge in [-0.3, -0.25) is 15.0 Å². The fourth-order valence-electron chi connectivity index (χ4n) is 5.03. The van der Waals surface area contributed by atoms with Gasteiger partial charge in [-0.05, 0) is 171 Å². The molecule has 0 spiro atoms. The molecule has 3 saturated heterocycles. The topological polar surface area (TPSA) is 135 Å². The Balaban J connectivity index is 0.000000210. The molecule has 3 aliphatic heterocycles. The summed E-state index contributed by atoms with van der Waals surface area (Å²) in [6.07, 6.45) is 10.2. The number of rotatable bonds is 4. The number of nitrogens with zero attached hydrogens (tertiary/aromatic N) is 3. The Morgan fingerprint density at radius 1 is 0.446 bits per heavy atom. The standard InChI is InChI=1S/C14H22BNO3.C12H24B2O4.C8H10BrNO.C5H3Br2N/c1-12(2,17)10-7-11(9-16-8-10)15-18-13(3,4)14(5,6)19-15;1-9(2)10(3,4)16-13(15-9)14-17-11(5,6)12(7,8)18-14;1-8(2,11)6-3-7(9)5-10-4-6;6-4-1-5(7)3-8-2-4/h7-9,17H,1-6H3;1-8H3;3-5,11H,1-2H3;1-3H. The van der Waals surface area contributed by atoms with Gasteiger partial charge < -0.3 is 38.1 Å². The molecule has 6 heterocycles. The Labute approximate surface area is 360 Å². The van der Waals surface area contributed by atoms with Crippen LogP contribution >= 0.6 is 47.8 Å². The minimum Gasteiger partial charge on any atom is -0.405 e. The zero-order valence-electron chi connectivity index (χ0n) is 35.7. The summed E-state index contributed by atoms with van der Waals surface area (Å²) >= 11 is 9.82. The fourth-order valence-corrected chi connectivity index (χ4v) is 6.43. The van der Waals surface area contributed by atoms with E-state index in [-0.39, 0.29) is 33.6 Å². The Morgan fingerprint density at radius 2 is 0.732 bits per heavy atom. The fraction of sp³-hybridized carbons (Fsp3) is 0.615. The number of halogens is 3. The van der Waals surface area contributed by atoms with Crippen molar-refractivity contribution in [3.8, 4) is 0 Å². The molecule has 0 saturated carbocycles. The molecule has 0 unspecified atom stereocenters. The number of hydrogen-bond acceptors (Lipinski definition) is 11. The van der Waals surface area contributed by atoms with Crippen LogP contribution in [0, 0.1) is 0 Å². The van der Waals surface area contributed by atoms with E-state index in [2.05, 4.69) is 62.7 Å². The van der Waals surface area contributed by atoms with Crippen molar-refractivity contribution in [2.75, 3.05) is 0 Å². The average molecular weight is 970 g/mol. The molecule has 3 fully saturated rings. The van der Waals surface area contributed by atoms with Gasteiger partial charge in [-0.2, -0.15) is 0 Å². The zero-order valence-corrected chi connectivity index (χ0v) is 40.5. The van der Waals surface area contributed by atoms with Gasteiger partial charge in [0.1, 0.15) is 0 Å². The maximum absolute atomic E-state index is 10.0. The Kier molecular flexibility index (Phi) is 15.6. The first-order valence-corrected chi connectivity index (χ1v) is 20.9. The van der Waals surface area contributed by atoms with Crippen LogP contribution in [0.2, 0.25) is 0 Å². The van der Waals surface area contributed by atoms with Crippen LogP contribution < -0.4 is 5.46 Å². The van der Waals surface area contributed by atoms with Crippen LogP contribution in [0.15, 0.2) is 68.8 Å². The van der Waals surface area contributed by atoms with E-state index < -0.39 is 32.3 Å². The highest BCUT2D eigenvalue weighted by atomic mass is 79.9. The second-order valence-electron chi connectivity index (χ2n) is 18.2. The lowest BCUT2D eigenvalue weighted by Crippen LogP contribution is -2.41. The Bertz CT molecular complexity index is 1690. The first-order chi connectivity index (χ1) is 25.2. The second-order valence-corrected chi connectivity index (χ2v) is 20.9. The molecule has 2 N–H and O–H groups in total. The van der Waals surface area contributed by atoms with Crippen molar-refractivity contribution in [1.29, 1.82) is 0 Å². The Hall–Kier alpha value is -1.24. The lowest BCUT2D eigenvalue weighted by Gasteiger charge is -2.32. The van der Waals surface area contributed by atoms with Gasteiger partial charge in [0.15, 0.2) is 0 Å². The number of aromatic nitrogens is 3. The summed E-state index contributed by atoms with van der Waals surface area (Å²) in [4.78, 5) is 12.0. The van der Waals surface area contributed by atoms with E-state index >= 15 is 0 Å². The van der Waals surface area contributed by atoms with Gasteiger partial charge in [0, 0.05) is 67.2 Å². The van der Waals surface area contributed by atoms with Gasteiger partial charge in [-0.25, -0.2) is 0 Å². The van der Waals surface area contributed by atoms with Crippen molar-refractivity contribution in [3.05, 3.63) is 79.9 Å². The third-order valence-electron chi connectivity index (χ3n) is 10.8. The SMILES string of the molecule is Brc1cncc(Br)c1.CC(C)(O)c1cncc(B2OC(C)(C)C(C)(C)O2)c1.CC(C)(O)c1cncc(Br)c1.CC1(C)OB(B2OC(C)(C)C(C)(C)O2)OC1(C)C. The van der Waals surface area contributed by atoms with E-state index in [0.29, 0.717) is 0 Å². The molecule has 0 bridgehead atoms. The lowest BCUT2D eigenvalue weighted by molar-refractivity contribution is 0.00578. The van der Waals surface area contributed by atoms with Gasteiger partial charge in [0.25, 0.3) is 0 Å². The van der Waals surface area contributed by atoms with E-state index in [9.17, 15) is 10.2 Å². The lowest BCUT2D eigenvalue weighted by atomic mass is 9.49. The molecule has 0 aliphatic carbocycles. The van der Waals surface area contributed by atoms with Gasteiger partial charge in [-0.15, -0.1) is 0 Å². The molecule has 56 heavy (non-hydrogen) atoms. The van der Waals surface area contributed by atoms with Crippen molar-refractivity contribution in [1.82, 2.24) is 15.0 Å². The van der Waals surface area contributed by atoms with Crippen molar-refractivity contribution >= 4 is 74.4 Å². The molecule has 6 rings (SSSR count). The van der Waals surface area contributed by atoms with Crippen LogP contribution in [0.5, 0.6) is 0 Å². The average Bonchev–Trinajstić information content (AvgIpc) is 3.50. The van der Waals surface area contributed by atoms with Crippen LogP contribution in [0.25, 0.3) is 0 Å². The first kappa shape index (κ1) is 49.1. The van der Waals surface area contributed by atoms with Gasteiger partial charge >= 0.3 is 21.1 Å². The summed E-state index contributed by atoms with van der Waals surface area (Å²) < 4.78 is 38.7. The Morgan fingerprint density at radius 3 is 1.02 bits per heavy atom. The van der Waals surface area contributed by atoms with Crippen LogP contribution in [0.4, 0.5) is 0 Å². The molecule has 11 nitrogen and oxygen atoms in total. The predicted molar refractivity (Wildman–Crippen MR) is 234 cm³/mol. The second kappa shape index (κ2) is 17.8. The van der Waals surface area contributed by atoms with E-state index in [4.69, 9.17) is 27.9 Å². The van der Waals surface area contributed by atoms with Crippen LogP contribution in [-0.4, -0.2) is 79.9 Å². The number of pyridine rings is 3. The maximum Gasteiger partial charge on any atom is 0.496 e. The van der Waals surface area contributed by atoms with E-state index in [1.165, 1.54) is 0 Å². The quantitative estimate of drug-likeness (QED) is 0.244. The highest BCUT2D eigenvalue weighted by Crippen LogP contribution is 2.43. The highest BCUT2D eigenvalue weighted by Gasteiger charge is 2.63. The molecule has 3 aliphatic rings. The largest absolute Gasteiger partial charge is 0.496 e. The minimum absolute atomic E-state index is 0.360. The summed E-state index contributed by atoms with van der Waals surface area (Å²) in [5, 5.41) is 19.6. The molecule has 0 radical (unpaired) electrons. The van der Waals surface area contributed by atoms with Crippen molar-refractivity contribution in [2.24, 2.45) is 0 Å². The maximum atomic E-state index is 10.0. The van der Waals surface area contributed by atoms with Crippen LogP contribution in [-0.2, 0) is 39.1 Å². The molecule has 3 aromatic rings.